The quantitative estimate of drug-likeness (QED) is 0.896. The molecule has 1 aromatic carbocycles. The van der Waals surface area contributed by atoms with Crippen LogP contribution in [0, 0.1) is 6.92 Å². The van der Waals surface area contributed by atoms with Gasteiger partial charge in [0.1, 0.15) is 5.75 Å². The lowest BCUT2D eigenvalue weighted by Gasteiger charge is -2.12. The Bertz CT molecular complexity index is 508. The predicted octanol–water partition coefficient (Wildman–Crippen LogP) is 2.64. The molecule has 0 aliphatic heterocycles. The molecule has 2 aromatic rings. The molecular weight excluding hydrogens is 224 g/mol. The second kappa shape index (κ2) is 5.65. The second-order valence-corrected chi connectivity index (χ2v) is 4.45. The number of rotatable bonds is 4. The first-order chi connectivity index (χ1) is 8.69. The Hall–Kier alpha value is -1.87. The maximum absolute atomic E-state index is 6.19. The summed E-state index contributed by atoms with van der Waals surface area (Å²) in [6.07, 6.45) is 4.28. The van der Waals surface area contributed by atoms with Crippen LogP contribution in [0.3, 0.4) is 0 Å². The lowest BCUT2D eigenvalue weighted by Crippen LogP contribution is -2.13. The highest BCUT2D eigenvalue weighted by atomic mass is 16.5. The summed E-state index contributed by atoms with van der Waals surface area (Å²) < 4.78 is 5.15. The van der Waals surface area contributed by atoms with Crippen LogP contribution in [-0.2, 0) is 6.42 Å². The van der Waals surface area contributed by atoms with Crippen molar-refractivity contribution in [2.75, 3.05) is 7.11 Å². The van der Waals surface area contributed by atoms with E-state index in [4.69, 9.17) is 10.5 Å². The van der Waals surface area contributed by atoms with Gasteiger partial charge in [-0.2, -0.15) is 0 Å². The number of hydrogen-bond donors (Lipinski definition) is 1. The highest BCUT2D eigenvalue weighted by Gasteiger charge is 2.08. The Labute approximate surface area is 108 Å². The van der Waals surface area contributed by atoms with Crippen molar-refractivity contribution in [2.45, 2.75) is 19.4 Å². The van der Waals surface area contributed by atoms with Gasteiger partial charge in [0.05, 0.1) is 13.3 Å². The van der Waals surface area contributed by atoms with E-state index in [0.717, 1.165) is 17.7 Å². The van der Waals surface area contributed by atoms with Gasteiger partial charge in [-0.15, -0.1) is 0 Å². The Morgan fingerprint density at radius 1 is 1.22 bits per heavy atom. The summed E-state index contributed by atoms with van der Waals surface area (Å²) in [5, 5.41) is 0. The van der Waals surface area contributed by atoms with E-state index in [2.05, 4.69) is 36.2 Å². The van der Waals surface area contributed by atoms with Crippen molar-refractivity contribution < 1.29 is 4.74 Å². The first-order valence-corrected chi connectivity index (χ1v) is 5.99. The molecule has 3 nitrogen and oxygen atoms in total. The summed E-state index contributed by atoms with van der Waals surface area (Å²) in [6, 6.07) is 10.3. The molecule has 1 unspecified atom stereocenters. The molecule has 0 bridgehead atoms. The third kappa shape index (κ3) is 3.08. The number of nitrogens with two attached hydrogens (primary N) is 1. The van der Waals surface area contributed by atoms with E-state index in [1.165, 1.54) is 11.1 Å². The predicted molar refractivity (Wildman–Crippen MR) is 72.6 cm³/mol. The third-order valence-electron chi connectivity index (χ3n) is 2.97. The summed E-state index contributed by atoms with van der Waals surface area (Å²) in [6.45, 7) is 2.08. The van der Waals surface area contributed by atoms with Crippen molar-refractivity contribution in [3.05, 3.63) is 59.4 Å². The van der Waals surface area contributed by atoms with Gasteiger partial charge in [0.25, 0.3) is 0 Å². The fourth-order valence-electron chi connectivity index (χ4n) is 1.85. The number of benzene rings is 1. The number of hydrogen-bond acceptors (Lipinski definition) is 3. The first-order valence-electron chi connectivity index (χ1n) is 5.99. The largest absolute Gasteiger partial charge is 0.495 e. The molecule has 1 aromatic heterocycles. The Balaban J connectivity index is 2.11. The smallest absolute Gasteiger partial charge is 0.137 e. The standard InChI is InChI=1S/C15H18N2O/c1-11-3-5-12(6-4-11)7-15(16)13-8-14(18-2)10-17-9-13/h3-6,8-10,15H,7,16H2,1-2H3. The maximum Gasteiger partial charge on any atom is 0.137 e. The highest BCUT2D eigenvalue weighted by Crippen LogP contribution is 2.19. The van der Waals surface area contributed by atoms with Crippen molar-refractivity contribution in [3.8, 4) is 5.75 Å². The van der Waals surface area contributed by atoms with E-state index in [1.807, 2.05) is 6.07 Å². The van der Waals surface area contributed by atoms with Crippen LogP contribution < -0.4 is 10.5 Å². The van der Waals surface area contributed by atoms with Gasteiger partial charge >= 0.3 is 0 Å². The molecule has 18 heavy (non-hydrogen) atoms. The van der Waals surface area contributed by atoms with Crippen LogP contribution in [0.5, 0.6) is 5.75 Å². The van der Waals surface area contributed by atoms with Crippen molar-refractivity contribution in [1.29, 1.82) is 0 Å². The number of ether oxygens (including phenoxy) is 1. The van der Waals surface area contributed by atoms with Gasteiger partial charge in [-0.1, -0.05) is 29.8 Å². The first kappa shape index (κ1) is 12.6. The molecule has 3 heteroatoms. The average molecular weight is 242 g/mol. The average Bonchev–Trinajstić information content (AvgIpc) is 2.41. The number of aromatic nitrogens is 1. The van der Waals surface area contributed by atoms with Crippen LogP contribution in [0.15, 0.2) is 42.7 Å². The second-order valence-electron chi connectivity index (χ2n) is 4.45. The van der Waals surface area contributed by atoms with E-state index >= 15 is 0 Å². The molecule has 0 spiro atoms. The van der Waals surface area contributed by atoms with Crippen LogP contribution in [0.25, 0.3) is 0 Å². The van der Waals surface area contributed by atoms with E-state index in [1.54, 1.807) is 19.5 Å². The monoisotopic (exact) mass is 242 g/mol. The molecule has 0 saturated heterocycles. The molecule has 0 aliphatic rings. The molecule has 2 N–H and O–H groups in total. The van der Waals surface area contributed by atoms with E-state index < -0.39 is 0 Å². The van der Waals surface area contributed by atoms with Gasteiger partial charge in [-0.05, 0) is 30.5 Å². The SMILES string of the molecule is COc1cncc(C(N)Cc2ccc(C)cc2)c1. The van der Waals surface area contributed by atoms with Gasteiger partial charge in [0.15, 0.2) is 0 Å². The van der Waals surface area contributed by atoms with Crippen LogP contribution in [0.4, 0.5) is 0 Å². The fraction of sp³-hybridized carbons (Fsp3) is 0.267. The summed E-state index contributed by atoms with van der Waals surface area (Å²) in [5.41, 5.74) is 9.68. The van der Waals surface area contributed by atoms with Gasteiger partial charge < -0.3 is 10.5 Å². The summed E-state index contributed by atoms with van der Waals surface area (Å²) in [7, 11) is 1.63. The molecule has 0 amide bonds. The van der Waals surface area contributed by atoms with Crippen LogP contribution >= 0.6 is 0 Å². The third-order valence-corrected chi connectivity index (χ3v) is 2.97. The Morgan fingerprint density at radius 3 is 2.61 bits per heavy atom. The molecular formula is C15H18N2O. The number of methoxy groups -OCH3 is 1. The molecule has 2 rings (SSSR count). The van der Waals surface area contributed by atoms with E-state index in [-0.39, 0.29) is 6.04 Å². The Kier molecular flexibility index (Phi) is 3.95. The zero-order valence-corrected chi connectivity index (χ0v) is 10.8. The van der Waals surface area contributed by atoms with Crippen molar-refractivity contribution in [3.63, 3.8) is 0 Å². The van der Waals surface area contributed by atoms with Gasteiger partial charge in [-0.3, -0.25) is 4.98 Å². The van der Waals surface area contributed by atoms with Crippen LogP contribution in [0.1, 0.15) is 22.7 Å². The summed E-state index contributed by atoms with van der Waals surface area (Å²) in [4.78, 5) is 4.13. The fourth-order valence-corrected chi connectivity index (χ4v) is 1.85. The highest BCUT2D eigenvalue weighted by molar-refractivity contribution is 5.28. The number of nitrogens with zero attached hydrogens (tertiary/aromatic N) is 1. The van der Waals surface area contributed by atoms with Gasteiger partial charge in [0.2, 0.25) is 0 Å². The molecule has 0 aliphatic carbocycles. The minimum Gasteiger partial charge on any atom is -0.495 e. The van der Waals surface area contributed by atoms with Gasteiger partial charge in [-0.25, -0.2) is 0 Å². The van der Waals surface area contributed by atoms with E-state index in [0.29, 0.717) is 0 Å². The molecule has 0 fully saturated rings. The Morgan fingerprint density at radius 2 is 1.94 bits per heavy atom. The normalized spacial score (nSPS) is 12.2. The van der Waals surface area contributed by atoms with Gasteiger partial charge in [0, 0.05) is 12.2 Å². The lowest BCUT2D eigenvalue weighted by molar-refractivity contribution is 0.411. The molecule has 0 saturated carbocycles. The van der Waals surface area contributed by atoms with Crippen LogP contribution in [-0.4, -0.2) is 12.1 Å². The number of pyridine rings is 1. The maximum atomic E-state index is 6.19. The topological polar surface area (TPSA) is 48.1 Å². The lowest BCUT2D eigenvalue weighted by atomic mass is 10.0. The minimum atomic E-state index is -0.0599. The summed E-state index contributed by atoms with van der Waals surface area (Å²) in [5.74, 6) is 0.742. The molecule has 0 radical (unpaired) electrons. The van der Waals surface area contributed by atoms with Crippen molar-refractivity contribution in [1.82, 2.24) is 4.98 Å². The zero-order chi connectivity index (χ0) is 13.0. The molecule has 94 valence electrons. The zero-order valence-electron chi connectivity index (χ0n) is 10.8. The number of aryl methyl sites for hydroxylation is 1. The van der Waals surface area contributed by atoms with Crippen molar-refractivity contribution >= 4 is 0 Å². The minimum absolute atomic E-state index is 0.0599. The molecule has 1 atom stereocenters. The summed E-state index contributed by atoms with van der Waals surface area (Å²) >= 11 is 0. The molecule has 1 heterocycles. The van der Waals surface area contributed by atoms with E-state index in [9.17, 15) is 0 Å². The van der Waals surface area contributed by atoms with Crippen LogP contribution in [0.2, 0.25) is 0 Å². The van der Waals surface area contributed by atoms with Crippen molar-refractivity contribution in [2.24, 2.45) is 5.73 Å².